The number of carbonyl (C=O) groups excluding carboxylic acids is 1. The first-order valence-corrected chi connectivity index (χ1v) is 15.8. The van der Waals surface area contributed by atoms with Crippen molar-refractivity contribution in [1.82, 2.24) is 14.9 Å². The number of anilines is 1. The summed E-state index contributed by atoms with van der Waals surface area (Å²) in [5, 5.41) is 16.7. The summed E-state index contributed by atoms with van der Waals surface area (Å²) in [7, 11) is 0. The van der Waals surface area contributed by atoms with Crippen LogP contribution in [0.3, 0.4) is 0 Å². The minimum Gasteiger partial charge on any atom is -0.478 e. The van der Waals surface area contributed by atoms with Crippen molar-refractivity contribution in [3.05, 3.63) is 129 Å². The Morgan fingerprint density at radius 1 is 0.891 bits per heavy atom. The van der Waals surface area contributed by atoms with Crippen molar-refractivity contribution in [2.75, 3.05) is 5.32 Å². The molecule has 8 nitrogen and oxygen atoms in total. The van der Waals surface area contributed by atoms with Crippen LogP contribution in [0.5, 0.6) is 11.5 Å². The quantitative estimate of drug-likeness (QED) is 0.122. The number of aromatic nitrogens is 2. The number of aryl methyl sites for hydroxylation is 1. The second-order valence-electron chi connectivity index (χ2n) is 10.6. The second kappa shape index (κ2) is 15.2. The van der Waals surface area contributed by atoms with E-state index in [0.717, 1.165) is 24.0 Å². The SMILES string of the molecule is CCCCn1cc(-c2ccc(Cl)cc2Cl)nc1[C@H](Cc1ccc(Oc2ccc(C(=O)O)cc2)cc1)NC(=O)Nc1ccc(Cl)cc1. The highest BCUT2D eigenvalue weighted by atomic mass is 35.5. The molecule has 0 aliphatic rings. The summed E-state index contributed by atoms with van der Waals surface area (Å²) in [6.07, 6.45) is 4.28. The molecular weight excluding hydrogens is 647 g/mol. The molecule has 1 heterocycles. The predicted octanol–water partition coefficient (Wildman–Crippen LogP) is 9.91. The van der Waals surface area contributed by atoms with Crippen molar-refractivity contribution in [3.8, 4) is 22.8 Å². The van der Waals surface area contributed by atoms with Gasteiger partial charge in [0, 0.05) is 34.0 Å². The molecule has 0 fully saturated rings. The smallest absolute Gasteiger partial charge is 0.335 e. The van der Waals surface area contributed by atoms with Crippen LogP contribution >= 0.6 is 34.8 Å². The molecule has 0 unspecified atom stereocenters. The Morgan fingerprint density at radius 2 is 1.54 bits per heavy atom. The van der Waals surface area contributed by atoms with E-state index in [1.165, 1.54) is 12.1 Å². The van der Waals surface area contributed by atoms with Gasteiger partial charge in [-0.1, -0.05) is 60.3 Å². The highest BCUT2D eigenvalue weighted by molar-refractivity contribution is 6.36. The summed E-state index contributed by atoms with van der Waals surface area (Å²) in [4.78, 5) is 29.4. The molecule has 3 N–H and O–H groups in total. The van der Waals surface area contributed by atoms with E-state index in [2.05, 4.69) is 22.1 Å². The lowest BCUT2D eigenvalue weighted by atomic mass is 10.0. The van der Waals surface area contributed by atoms with Gasteiger partial charge in [-0.05, 0) is 97.3 Å². The lowest BCUT2D eigenvalue weighted by molar-refractivity contribution is 0.0697. The zero-order valence-electron chi connectivity index (χ0n) is 24.8. The molecule has 5 rings (SSSR count). The molecule has 0 bridgehead atoms. The Morgan fingerprint density at radius 3 is 2.17 bits per heavy atom. The van der Waals surface area contributed by atoms with Crippen LogP contribution < -0.4 is 15.4 Å². The van der Waals surface area contributed by atoms with Gasteiger partial charge in [-0.25, -0.2) is 14.6 Å². The number of carboxylic acid groups (broad SMARTS) is 1. The predicted molar refractivity (Wildman–Crippen MR) is 183 cm³/mol. The number of carbonyl (C=O) groups is 2. The third-order valence-corrected chi connectivity index (χ3v) is 7.99. The number of nitrogens with zero attached hydrogens (tertiary/aromatic N) is 2. The van der Waals surface area contributed by atoms with Crippen LogP contribution in [0.1, 0.15) is 47.6 Å². The Labute approximate surface area is 281 Å². The van der Waals surface area contributed by atoms with Crippen LogP contribution in [0.2, 0.25) is 15.1 Å². The minimum absolute atomic E-state index is 0.181. The maximum Gasteiger partial charge on any atom is 0.335 e. The molecule has 0 radical (unpaired) electrons. The lowest BCUT2D eigenvalue weighted by Crippen LogP contribution is -2.35. The molecular formula is C35H31Cl3N4O4. The van der Waals surface area contributed by atoms with E-state index in [4.69, 9.17) is 49.6 Å². The highest BCUT2D eigenvalue weighted by Crippen LogP contribution is 2.32. The van der Waals surface area contributed by atoms with Crippen LogP contribution in [0.4, 0.5) is 10.5 Å². The first-order chi connectivity index (χ1) is 22.2. The fraction of sp³-hybridized carbons (Fsp3) is 0.171. The molecule has 5 aromatic rings. The average Bonchev–Trinajstić information content (AvgIpc) is 3.45. The fourth-order valence-electron chi connectivity index (χ4n) is 4.84. The number of aromatic carboxylic acids is 1. The van der Waals surface area contributed by atoms with Gasteiger partial charge in [0.05, 0.1) is 22.3 Å². The number of unbranched alkanes of at least 4 members (excludes halogenated alkanes) is 1. The third-order valence-electron chi connectivity index (χ3n) is 7.19. The summed E-state index contributed by atoms with van der Waals surface area (Å²) >= 11 is 18.7. The number of hydrogen-bond donors (Lipinski definition) is 3. The van der Waals surface area contributed by atoms with E-state index < -0.39 is 18.0 Å². The normalized spacial score (nSPS) is 11.6. The van der Waals surface area contributed by atoms with Crippen molar-refractivity contribution < 1.29 is 19.4 Å². The molecule has 0 saturated carbocycles. The van der Waals surface area contributed by atoms with Gasteiger partial charge in [0.1, 0.15) is 17.3 Å². The van der Waals surface area contributed by atoms with Crippen molar-refractivity contribution >= 4 is 52.5 Å². The molecule has 0 aliphatic heterocycles. The number of amides is 2. The first-order valence-electron chi connectivity index (χ1n) is 14.6. The zero-order valence-corrected chi connectivity index (χ0v) is 27.1. The van der Waals surface area contributed by atoms with Crippen LogP contribution in [0.15, 0.2) is 97.2 Å². The van der Waals surface area contributed by atoms with Gasteiger partial charge < -0.3 is 25.0 Å². The number of carboxylic acids is 1. The Hall–Kier alpha value is -4.50. The van der Waals surface area contributed by atoms with Crippen LogP contribution in [-0.4, -0.2) is 26.7 Å². The van der Waals surface area contributed by atoms with Crippen LogP contribution in [0, 0.1) is 0 Å². The fourth-order valence-corrected chi connectivity index (χ4v) is 5.47. The van der Waals surface area contributed by atoms with E-state index in [1.54, 1.807) is 48.5 Å². The molecule has 0 saturated heterocycles. The third kappa shape index (κ3) is 8.60. The van der Waals surface area contributed by atoms with Gasteiger partial charge in [-0.15, -0.1) is 0 Å². The average molecular weight is 678 g/mol. The van der Waals surface area contributed by atoms with Crippen molar-refractivity contribution in [1.29, 1.82) is 0 Å². The van der Waals surface area contributed by atoms with Gasteiger partial charge in [0.15, 0.2) is 0 Å². The van der Waals surface area contributed by atoms with Crippen LogP contribution in [0.25, 0.3) is 11.3 Å². The summed E-state index contributed by atoms with van der Waals surface area (Å²) in [5.41, 5.74) is 3.13. The van der Waals surface area contributed by atoms with Gasteiger partial charge in [-0.2, -0.15) is 0 Å². The minimum atomic E-state index is -1.00. The van der Waals surface area contributed by atoms with Gasteiger partial charge in [0.2, 0.25) is 0 Å². The number of hydrogen-bond acceptors (Lipinski definition) is 4. The molecule has 1 atom stereocenters. The Kier molecular flexibility index (Phi) is 10.9. The standard InChI is InChI=1S/C35H31Cl3N4O4/c1-2-3-18-42-21-32(29-17-10-25(37)20-30(29)38)40-33(42)31(41-35(45)39-26-11-8-24(36)9-12-26)19-22-4-13-27(14-5-22)46-28-15-6-23(7-16-28)34(43)44/h4-17,20-21,31H,2-3,18-19H2,1H3,(H,43,44)(H2,39,41,45)/t31-/m0/s1. The summed E-state index contributed by atoms with van der Waals surface area (Å²) in [6, 6.07) is 24.9. The molecule has 0 aliphatic carbocycles. The van der Waals surface area contributed by atoms with E-state index in [9.17, 15) is 9.59 Å². The Bertz CT molecular complexity index is 1810. The summed E-state index contributed by atoms with van der Waals surface area (Å²) in [6.45, 7) is 2.82. The molecule has 2 amide bonds. The molecule has 236 valence electrons. The zero-order chi connectivity index (χ0) is 32.6. The van der Waals surface area contributed by atoms with E-state index >= 15 is 0 Å². The highest BCUT2D eigenvalue weighted by Gasteiger charge is 2.23. The second-order valence-corrected chi connectivity index (χ2v) is 11.9. The van der Waals surface area contributed by atoms with E-state index in [0.29, 0.717) is 56.7 Å². The number of urea groups is 1. The van der Waals surface area contributed by atoms with E-state index in [1.807, 2.05) is 36.5 Å². The number of nitrogens with one attached hydrogen (secondary N) is 2. The van der Waals surface area contributed by atoms with E-state index in [-0.39, 0.29) is 5.56 Å². The largest absolute Gasteiger partial charge is 0.478 e. The number of imidazole rings is 1. The molecule has 11 heteroatoms. The van der Waals surface area contributed by atoms with Crippen molar-refractivity contribution in [2.24, 2.45) is 0 Å². The maximum absolute atomic E-state index is 13.3. The molecule has 4 aromatic carbocycles. The molecule has 0 spiro atoms. The topological polar surface area (TPSA) is 105 Å². The summed E-state index contributed by atoms with van der Waals surface area (Å²) in [5.74, 6) is 0.780. The van der Waals surface area contributed by atoms with Gasteiger partial charge >= 0.3 is 12.0 Å². The summed E-state index contributed by atoms with van der Waals surface area (Å²) < 4.78 is 7.98. The van der Waals surface area contributed by atoms with Crippen molar-refractivity contribution in [2.45, 2.75) is 38.8 Å². The first kappa shape index (κ1) is 32.9. The molecule has 46 heavy (non-hydrogen) atoms. The lowest BCUT2D eigenvalue weighted by Gasteiger charge is -2.21. The van der Waals surface area contributed by atoms with Crippen LogP contribution in [-0.2, 0) is 13.0 Å². The Balaban J connectivity index is 1.43. The number of halogens is 3. The number of rotatable bonds is 12. The number of benzene rings is 4. The monoisotopic (exact) mass is 676 g/mol. The maximum atomic E-state index is 13.3. The van der Waals surface area contributed by atoms with Gasteiger partial charge in [0.25, 0.3) is 0 Å². The van der Waals surface area contributed by atoms with Crippen molar-refractivity contribution in [3.63, 3.8) is 0 Å². The van der Waals surface area contributed by atoms with Gasteiger partial charge in [-0.3, -0.25) is 0 Å². The number of ether oxygens (including phenoxy) is 1. The molecule has 1 aromatic heterocycles.